The van der Waals surface area contributed by atoms with Crippen LogP contribution in [0.25, 0.3) is 0 Å². The molecular formula is C13H9ClN4O. The Kier molecular flexibility index (Phi) is 4.32. The highest BCUT2D eigenvalue weighted by molar-refractivity contribution is 6.29. The van der Waals surface area contributed by atoms with Gasteiger partial charge in [0.1, 0.15) is 10.9 Å². The molecule has 1 N–H and O–H groups in total. The van der Waals surface area contributed by atoms with Crippen molar-refractivity contribution in [3.8, 4) is 11.9 Å². The third kappa shape index (κ3) is 3.98. The van der Waals surface area contributed by atoms with E-state index in [-0.39, 0.29) is 6.02 Å². The highest BCUT2D eigenvalue weighted by atomic mass is 35.5. The van der Waals surface area contributed by atoms with Gasteiger partial charge >= 0.3 is 6.02 Å². The molecule has 0 bridgehead atoms. The first-order chi connectivity index (χ1) is 9.28. The fourth-order valence-electron chi connectivity index (χ4n) is 1.28. The lowest BCUT2D eigenvalue weighted by molar-refractivity contribution is 0.531. The molecule has 1 aromatic carbocycles. The standard InChI is InChI=1S/C13H9ClN4O/c14-12-7-6-10(8-16-12)18-13(17-9-15)19-11-4-2-1-3-5-11/h1-8H,(H,17,18). The maximum Gasteiger partial charge on any atom is 0.309 e. The predicted molar refractivity (Wildman–Crippen MR) is 72.2 cm³/mol. The van der Waals surface area contributed by atoms with Crippen molar-refractivity contribution in [1.82, 2.24) is 10.3 Å². The summed E-state index contributed by atoms with van der Waals surface area (Å²) in [5.41, 5.74) is 0.526. The normalized spacial score (nSPS) is 10.6. The summed E-state index contributed by atoms with van der Waals surface area (Å²) in [6.07, 6.45) is 3.25. The fraction of sp³-hybridized carbons (Fsp3) is 0. The number of aromatic nitrogens is 1. The largest absolute Gasteiger partial charge is 0.425 e. The van der Waals surface area contributed by atoms with E-state index in [2.05, 4.69) is 15.3 Å². The quantitative estimate of drug-likeness (QED) is 0.300. The van der Waals surface area contributed by atoms with Crippen LogP contribution in [0.1, 0.15) is 0 Å². The Labute approximate surface area is 115 Å². The summed E-state index contributed by atoms with van der Waals surface area (Å²) in [7, 11) is 0. The minimum atomic E-state index is 0.0674. The Bertz CT molecular complexity index is 605. The van der Waals surface area contributed by atoms with Crippen LogP contribution in [0, 0.1) is 11.5 Å². The Morgan fingerprint density at radius 3 is 2.68 bits per heavy atom. The minimum Gasteiger partial charge on any atom is -0.425 e. The third-order valence-electron chi connectivity index (χ3n) is 2.06. The molecule has 0 amide bonds. The molecule has 0 spiro atoms. The molecule has 0 saturated carbocycles. The Hall–Kier alpha value is -2.58. The van der Waals surface area contributed by atoms with Crippen molar-refractivity contribution in [2.75, 3.05) is 0 Å². The van der Waals surface area contributed by atoms with Gasteiger partial charge in [-0.2, -0.15) is 10.3 Å². The molecule has 0 aliphatic rings. The zero-order valence-electron chi connectivity index (χ0n) is 9.75. The summed E-state index contributed by atoms with van der Waals surface area (Å²) in [5.74, 6) is 0.575. The molecule has 0 radical (unpaired) electrons. The number of amidine groups is 1. The molecule has 1 aromatic heterocycles. The zero-order chi connectivity index (χ0) is 13.5. The minimum absolute atomic E-state index is 0.0674. The molecule has 2 rings (SSSR count). The molecule has 0 saturated heterocycles. The lowest BCUT2D eigenvalue weighted by Gasteiger charge is -2.06. The van der Waals surface area contributed by atoms with Crippen LogP contribution in [0.15, 0.2) is 53.7 Å². The van der Waals surface area contributed by atoms with Crippen molar-refractivity contribution in [3.05, 3.63) is 53.8 Å². The van der Waals surface area contributed by atoms with Crippen LogP contribution in [-0.2, 0) is 0 Å². The van der Waals surface area contributed by atoms with Crippen molar-refractivity contribution in [1.29, 1.82) is 5.26 Å². The van der Waals surface area contributed by atoms with Gasteiger partial charge in [0.15, 0.2) is 6.19 Å². The van der Waals surface area contributed by atoms with E-state index in [0.717, 1.165) is 0 Å². The van der Waals surface area contributed by atoms with Gasteiger partial charge in [0, 0.05) is 0 Å². The van der Waals surface area contributed by atoms with Crippen LogP contribution in [0.2, 0.25) is 5.15 Å². The van der Waals surface area contributed by atoms with Crippen LogP contribution in [-0.4, -0.2) is 11.0 Å². The first kappa shape index (κ1) is 12.9. The lowest BCUT2D eigenvalue weighted by atomic mass is 10.3. The van der Waals surface area contributed by atoms with Gasteiger partial charge in [-0.05, 0) is 24.3 Å². The number of benzene rings is 1. The number of ether oxygens (including phenoxy) is 1. The van der Waals surface area contributed by atoms with Crippen molar-refractivity contribution in [2.45, 2.75) is 0 Å². The van der Waals surface area contributed by atoms with Crippen LogP contribution < -0.4 is 10.1 Å². The molecule has 0 atom stereocenters. The second-order valence-corrected chi connectivity index (χ2v) is 3.80. The van der Waals surface area contributed by atoms with Gasteiger partial charge in [-0.25, -0.2) is 10.3 Å². The number of rotatable bonds is 2. The smallest absolute Gasteiger partial charge is 0.309 e. The summed E-state index contributed by atoms with van der Waals surface area (Å²) in [5, 5.41) is 11.4. The molecule has 94 valence electrons. The monoisotopic (exact) mass is 272 g/mol. The number of para-hydroxylation sites is 1. The van der Waals surface area contributed by atoms with Crippen LogP contribution in [0.3, 0.4) is 0 Å². The van der Waals surface area contributed by atoms with Crippen molar-refractivity contribution >= 4 is 23.3 Å². The first-order valence-electron chi connectivity index (χ1n) is 5.36. The molecule has 1 heterocycles. The van der Waals surface area contributed by atoms with E-state index in [1.54, 1.807) is 30.5 Å². The van der Waals surface area contributed by atoms with Crippen LogP contribution in [0.4, 0.5) is 5.69 Å². The molecule has 19 heavy (non-hydrogen) atoms. The van der Waals surface area contributed by atoms with Gasteiger partial charge in [0.25, 0.3) is 0 Å². The molecule has 5 nitrogen and oxygen atoms in total. The number of nitriles is 1. The highest BCUT2D eigenvalue weighted by Gasteiger charge is 2.02. The lowest BCUT2D eigenvalue weighted by Crippen LogP contribution is -2.23. The topological polar surface area (TPSA) is 70.3 Å². The predicted octanol–water partition coefficient (Wildman–Crippen LogP) is 2.87. The van der Waals surface area contributed by atoms with Gasteiger partial charge < -0.3 is 4.74 Å². The number of aliphatic imine (C=N–C) groups is 1. The zero-order valence-corrected chi connectivity index (χ0v) is 10.5. The van der Waals surface area contributed by atoms with E-state index in [1.165, 1.54) is 6.20 Å². The third-order valence-corrected chi connectivity index (χ3v) is 2.29. The van der Waals surface area contributed by atoms with Crippen molar-refractivity contribution in [2.24, 2.45) is 4.99 Å². The first-order valence-corrected chi connectivity index (χ1v) is 5.74. The molecule has 2 aromatic rings. The average Bonchev–Trinajstić information content (AvgIpc) is 2.43. The number of pyridine rings is 1. The Morgan fingerprint density at radius 2 is 2.05 bits per heavy atom. The van der Waals surface area contributed by atoms with Crippen molar-refractivity contribution < 1.29 is 4.74 Å². The van der Waals surface area contributed by atoms with Gasteiger partial charge in [0.2, 0.25) is 0 Å². The molecule has 0 unspecified atom stereocenters. The molecule has 0 aliphatic heterocycles. The maximum absolute atomic E-state index is 8.68. The number of nitrogens with one attached hydrogen (secondary N) is 1. The van der Waals surface area contributed by atoms with E-state index in [0.29, 0.717) is 16.6 Å². The van der Waals surface area contributed by atoms with E-state index in [4.69, 9.17) is 21.6 Å². The Morgan fingerprint density at radius 1 is 1.26 bits per heavy atom. The SMILES string of the molecule is N#CNC(=Nc1ccc(Cl)nc1)Oc1ccccc1. The summed E-state index contributed by atoms with van der Waals surface area (Å²) >= 11 is 5.68. The number of hydrogen-bond donors (Lipinski definition) is 1. The maximum atomic E-state index is 8.68. The molecule has 6 heteroatoms. The van der Waals surface area contributed by atoms with Gasteiger partial charge in [-0.3, -0.25) is 0 Å². The Balaban J connectivity index is 2.20. The number of halogens is 1. The number of hydrogen-bond acceptors (Lipinski definition) is 4. The van der Waals surface area contributed by atoms with Gasteiger partial charge in [-0.1, -0.05) is 29.8 Å². The second kappa shape index (κ2) is 6.38. The summed E-state index contributed by atoms with van der Waals surface area (Å²) in [6, 6.07) is 12.4. The van der Waals surface area contributed by atoms with Gasteiger partial charge in [-0.15, -0.1) is 0 Å². The van der Waals surface area contributed by atoms with E-state index in [9.17, 15) is 0 Å². The van der Waals surface area contributed by atoms with E-state index in [1.807, 2.05) is 18.2 Å². The summed E-state index contributed by atoms with van der Waals surface area (Å²) in [4.78, 5) is 8.02. The second-order valence-electron chi connectivity index (χ2n) is 3.41. The van der Waals surface area contributed by atoms with E-state index < -0.39 is 0 Å². The van der Waals surface area contributed by atoms with Crippen molar-refractivity contribution in [3.63, 3.8) is 0 Å². The fourth-order valence-corrected chi connectivity index (χ4v) is 1.39. The average molecular weight is 273 g/mol. The van der Waals surface area contributed by atoms with E-state index >= 15 is 0 Å². The summed E-state index contributed by atoms with van der Waals surface area (Å²) in [6.45, 7) is 0. The number of nitrogens with zero attached hydrogens (tertiary/aromatic N) is 3. The molecule has 0 aliphatic carbocycles. The van der Waals surface area contributed by atoms with Crippen LogP contribution in [0.5, 0.6) is 5.75 Å². The summed E-state index contributed by atoms with van der Waals surface area (Å²) < 4.78 is 5.44. The van der Waals surface area contributed by atoms with Gasteiger partial charge in [0.05, 0.1) is 11.9 Å². The van der Waals surface area contributed by atoms with Crippen LogP contribution >= 0.6 is 11.6 Å². The molecular weight excluding hydrogens is 264 g/mol. The highest BCUT2D eigenvalue weighted by Crippen LogP contribution is 2.14. The molecule has 0 fully saturated rings.